The lowest BCUT2D eigenvalue weighted by atomic mass is 9.86. The lowest BCUT2D eigenvalue weighted by Crippen LogP contribution is -2.32. The van der Waals surface area contributed by atoms with E-state index in [1.165, 1.54) is 6.07 Å². The van der Waals surface area contributed by atoms with Crippen molar-refractivity contribution in [3.8, 4) is 5.75 Å². The van der Waals surface area contributed by atoms with Gasteiger partial charge in [-0.3, -0.25) is 0 Å². The van der Waals surface area contributed by atoms with Crippen molar-refractivity contribution in [1.82, 2.24) is 15.3 Å². The summed E-state index contributed by atoms with van der Waals surface area (Å²) in [5, 5.41) is 11.0. The van der Waals surface area contributed by atoms with Crippen LogP contribution < -0.4 is 20.7 Å². The van der Waals surface area contributed by atoms with Gasteiger partial charge >= 0.3 is 6.36 Å². The van der Waals surface area contributed by atoms with Crippen molar-refractivity contribution >= 4 is 47.5 Å². The van der Waals surface area contributed by atoms with E-state index < -0.39 is 6.36 Å². The van der Waals surface area contributed by atoms with Gasteiger partial charge in [-0.05, 0) is 74.9 Å². The molecule has 0 amide bonds. The average molecular weight is 546 g/mol. The maximum absolute atomic E-state index is 12.6. The molecule has 3 N–H and O–H groups in total. The van der Waals surface area contributed by atoms with Gasteiger partial charge in [0.2, 0.25) is 5.95 Å². The number of nitrogens with one attached hydrogen (secondary N) is 3. The lowest BCUT2D eigenvalue weighted by Gasteiger charge is -2.29. The highest BCUT2D eigenvalue weighted by atomic mass is 35.5. The molecule has 11 heteroatoms. The summed E-state index contributed by atoms with van der Waals surface area (Å²) in [5.41, 5.74) is 1.46. The van der Waals surface area contributed by atoms with Gasteiger partial charge in [0.05, 0.1) is 5.52 Å². The van der Waals surface area contributed by atoms with Gasteiger partial charge in [-0.15, -0.1) is 38.0 Å². The number of para-hydroxylation sites is 2. The Morgan fingerprint density at radius 2 is 1.64 bits per heavy atom. The topological polar surface area (TPSA) is 71.1 Å². The molecular weight excluding hydrogens is 514 g/mol. The van der Waals surface area contributed by atoms with Crippen LogP contribution in [-0.2, 0) is 6.42 Å². The number of hydrogen-bond acceptors (Lipinski definition) is 6. The van der Waals surface area contributed by atoms with Crippen LogP contribution in [0.5, 0.6) is 5.75 Å². The number of rotatable bonds is 9. The summed E-state index contributed by atoms with van der Waals surface area (Å²) in [6, 6.07) is 14.6. The predicted molar refractivity (Wildman–Crippen MR) is 143 cm³/mol. The molecule has 0 spiro atoms. The SMILES string of the molecule is CNc1nc(N[C@H]2CC[C@@H](CNCCc3ccccc3OC(F)(F)F)CC2)nc2ccccc12.Cl.Cl. The van der Waals surface area contributed by atoms with E-state index in [0.717, 1.165) is 48.9 Å². The van der Waals surface area contributed by atoms with E-state index >= 15 is 0 Å². The summed E-state index contributed by atoms with van der Waals surface area (Å²) < 4.78 is 41.9. The number of hydrogen-bond donors (Lipinski definition) is 3. The number of ether oxygens (including phenoxy) is 1. The Morgan fingerprint density at radius 3 is 2.36 bits per heavy atom. The standard InChI is InChI=1S/C25H30F3N5O.2ClH/c1-29-23-20-7-3-4-8-21(20)32-24(33-23)31-19-12-10-17(11-13-19)16-30-15-14-18-6-2-5-9-22(18)34-25(26,27)28;;/h2-9,17,19,30H,10-16H2,1H3,(H2,29,31,32,33);2*1H/t17-,19+;;. The minimum atomic E-state index is -4.68. The second-order valence-electron chi connectivity index (χ2n) is 8.63. The summed E-state index contributed by atoms with van der Waals surface area (Å²) >= 11 is 0. The molecule has 1 aliphatic rings. The second kappa shape index (κ2) is 13.7. The van der Waals surface area contributed by atoms with Crippen LogP contribution in [0.4, 0.5) is 24.9 Å². The third kappa shape index (κ3) is 8.28. The number of alkyl halides is 3. The highest BCUT2D eigenvalue weighted by molar-refractivity contribution is 5.89. The summed E-state index contributed by atoms with van der Waals surface area (Å²) in [4.78, 5) is 9.29. The summed E-state index contributed by atoms with van der Waals surface area (Å²) in [6.07, 6.45) is 0.00806. The number of nitrogens with zero attached hydrogens (tertiary/aromatic N) is 2. The van der Waals surface area contributed by atoms with Crippen LogP contribution in [0, 0.1) is 5.92 Å². The first-order valence-corrected chi connectivity index (χ1v) is 11.7. The molecule has 0 bridgehead atoms. The van der Waals surface area contributed by atoms with Crippen LogP contribution in [0.3, 0.4) is 0 Å². The Bertz CT molecular complexity index is 1090. The fraction of sp³-hybridized carbons (Fsp3) is 0.440. The Kier molecular flexibility index (Phi) is 11.3. The first-order valence-electron chi connectivity index (χ1n) is 11.7. The number of aromatic nitrogens is 2. The molecule has 36 heavy (non-hydrogen) atoms. The van der Waals surface area contributed by atoms with E-state index in [-0.39, 0.29) is 30.6 Å². The van der Waals surface area contributed by atoms with Crippen LogP contribution in [0.25, 0.3) is 10.9 Å². The van der Waals surface area contributed by atoms with Crippen LogP contribution in [0.1, 0.15) is 31.2 Å². The normalized spacial score (nSPS) is 17.6. The van der Waals surface area contributed by atoms with Crippen molar-refractivity contribution in [2.24, 2.45) is 5.92 Å². The van der Waals surface area contributed by atoms with Gasteiger partial charge in [-0.25, -0.2) is 4.98 Å². The van der Waals surface area contributed by atoms with E-state index in [9.17, 15) is 13.2 Å². The molecule has 1 aromatic heterocycles. The number of benzene rings is 2. The highest BCUT2D eigenvalue weighted by Crippen LogP contribution is 2.28. The number of fused-ring (bicyclic) bond motifs is 1. The second-order valence-corrected chi connectivity index (χ2v) is 8.63. The highest BCUT2D eigenvalue weighted by Gasteiger charge is 2.32. The monoisotopic (exact) mass is 545 g/mol. The van der Waals surface area contributed by atoms with Crippen molar-refractivity contribution in [3.63, 3.8) is 0 Å². The van der Waals surface area contributed by atoms with Crippen LogP contribution in [0.15, 0.2) is 48.5 Å². The van der Waals surface area contributed by atoms with Crippen LogP contribution in [-0.4, -0.2) is 42.5 Å². The first-order chi connectivity index (χ1) is 16.4. The van der Waals surface area contributed by atoms with Crippen molar-refractivity contribution < 1.29 is 17.9 Å². The molecular formula is C25H32Cl2F3N5O. The summed E-state index contributed by atoms with van der Waals surface area (Å²) in [6.45, 7) is 1.46. The van der Waals surface area contributed by atoms with Crippen molar-refractivity contribution in [3.05, 3.63) is 54.1 Å². The Labute approximate surface area is 221 Å². The zero-order chi connectivity index (χ0) is 24.0. The van der Waals surface area contributed by atoms with E-state index in [2.05, 4.69) is 30.7 Å². The van der Waals surface area contributed by atoms with E-state index in [4.69, 9.17) is 0 Å². The molecule has 2 aromatic carbocycles. The summed E-state index contributed by atoms with van der Waals surface area (Å²) in [5.74, 6) is 1.88. The molecule has 6 nitrogen and oxygen atoms in total. The summed E-state index contributed by atoms with van der Waals surface area (Å²) in [7, 11) is 1.86. The fourth-order valence-electron chi connectivity index (χ4n) is 4.49. The molecule has 198 valence electrons. The van der Waals surface area contributed by atoms with Gasteiger partial charge < -0.3 is 20.7 Å². The molecule has 0 aliphatic heterocycles. The predicted octanol–water partition coefficient (Wildman–Crippen LogP) is 6.22. The van der Waals surface area contributed by atoms with Gasteiger partial charge in [0.15, 0.2) is 0 Å². The zero-order valence-corrected chi connectivity index (χ0v) is 21.6. The van der Waals surface area contributed by atoms with Crippen LogP contribution >= 0.6 is 24.8 Å². The molecule has 1 saturated carbocycles. The fourth-order valence-corrected chi connectivity index (χ4v) is 4.49. The molecule has 0 saturated heterocycles. The van der Waals surface area contributed by atoms with Crippen LogP contribution in [0.2, 0.25) is 0 Å². The first kappa shape index (κ1) is 29.7. The van der Waals surface area contributed by atoms with Gasteiger partial charge in [-0.2, -0.15) is 4.98 Å². The minimum Gasteiger partial charge on any atom is -0.406 e. The van der Waals surface area contributed by atoms with Gasteiger partial charge in [0.25, 0.3) is 0 Å². The molecule has 0 unspecified atom stereocenters. The van der Waals surface area contributed by atoms with Gasteiger partial charge in [0, 0.05) is 18.5 Å². The molecule has 1 heterocycles. The average Bonchev–Trinajstić information content (AvgIpc) is 2.82. The zero-order valence-electron chi connectivity index (χ0n) is 20.0. The molecule has 3 aromatic rings. The number of anilines is 2. The Hall–Kier alpha value is -2.49. The molecule has 1 aliphatic carbocycles. The number of halogens is 5. The molecule has 0 radical (unpaired) electrons. The Balaban J connectivity index is 0.00000228. The van der Waals surface area contributed by atoms with Gasteiger partial charge in [0.1, 0.15) is 11.6 Å². The maximum Gasteiger partial charge on any atom is 0.573 e. The Morgan fingerprint density at radius 1 is 0.944 bits per heavy atom. The van der Waals surface area contributed by atoms with Crippen molar-refractivity contribution in [2.75, 3.05) is 30.8 Å². The smallest absolute Gasteiger partial charge is 0.406 e. The largest absolute Gasteiger partial charge is 0.573 e. The molecule has 0 atom stereocenters. The van der Waals surface area contributed by atoms with E-state index in [1.54, 1.807) is 18.2 Å². The van der Waals surface area contributed by atoms with Crippen molar-refractivity contribution in [1.29, 1.82) is 0 Å². The lowest BCUT2D eigenvalue weighted by molar-refractivity contribution is -0.274. The quantitative estimate of drug-likeness (QED) is 0.277. The molecule has 4 rings (SSSR count). The van der Waals surface area contributed by atoms with E-state index in [1.807, 2.05) is 31.3 Å². The molecule has 1 fully saturated rings. The van der Waals surface area contributed by atoms with Gasteiger partial charge in [-0.1, -0.05) is 30.3 Å². The van der Waals surface area contributed by atoms with E-state index in [0.29, 0.717) is 36.4 Å². The maximum atomic E-state index is 12.6. The van der Waals surface area contributed by atoms with Crippen molar-refractivity contribution in [2.45, 2.75) is 44.5 Å². The minimum absolute atomic E-state index is 0. The third-order valence-corrected chi connectivity index (χ3v) is 6.22. The third-order valence-electron chi connectivity index (χ3n) is 6.22.